The summed E-state index contributed by atoms with van der Waals surface area (Å²) in [6, 6.07) is 14.3. The van der Waals surface area contributed by atoms with Gasteiger partial charge >= 0.3 is 0 Å². The molecule has 0 fully saturated rings. The molecule has 0 amide bonds. The van der Waals surface area contributed by atoms with Crippen LogP contribution in [-0.2, 0) is 0 Å². The predicted molar refractivity (Wildman–Crippen MR) is 83.1 cm³/mol. The van der Waals surface area contributed by atoms with Crippen molar-refractivity contribution < 1.29 is 9.66 Å². The molecule has 1 unspecified atom stereocenters. The van der Waals surface area contributed by atoms with Crippen LogP contribution in [0.2, 0.25) is 0 Å². The number of nitrogens with one attached hydrogen (secondary N) is 1. The summed E-state index contributed by atoms with van der Waals surface area (Å²) in [6.07, 6.45) is 0.740. The molecule has 0 saturated carbocycles. The summed E-state index contributed by atoms with van der Waals surface area (Å²) in [7, 11) is 1.63. The molecule has 6 nitrogen and oxygen atoms in total. The fourth-order valence-corrected chi connectivity index (χ4v) is 2.43. The van der Waals surface area contributed by atoms with Crippen LogP contribution in [0.5, 0.6) is 5.75 Å². The van der Waals surface area contributed by atoms with Crippen LogP contribution in [-0.4, -0.2) is 17.7 Å². The summed E-state index contributed by atoms with van der Waals surface area (Å²) in [5.41, 5.74) is 6.17. The van der Waals surface area contributed by atoms with Gasteiger partial charge in [0.05, 0.1) is 23.8 Å². The zero-order chi connectivity index (χ0) is 15.5. The zero-order valence-corrected chi connectivity index (χ0v) is 12.0. The minimum atomic E-state index is -0.398. The first-order chi connectivity index (χ1) is 10.7. The lowest BCUT2D eigenvalue weighted by atomic mass is 9.99. The average molecular weight is 297 g/mol. The van der Waals surface area contributed by atoms with E-state index < -0.39 is 4.92 Å². The minimum absolute atomic E-state index is 0.0397. The summed E-state index contributed by atoms with van der Waals surface area (Å²) < 4.78 is 5.14. The fourth-order valence-electron chi connectivity index (χ4n) is 2.43. The first-order valence-corrected chi connectivity index (χ1v) is 6.88. The molecule has 1 atom stereocenters. The van der Waals surface area contributed by atoms with Crippen LogP contribution >= 0.6 is 0 Å². The summed E-state index contributed by atoms with van der Waals surface area (Å²) in [5, 5.41) is 15.0. The van der Waals surface area contributed by atoms with Gasteiger partial charge in [0, 0.05) is 18.6 Å². The Bertz CT molecular complexity index is 708. The van der Waals surface area contributed by atoms with E-state index >= 15 is 0 Å². The molecule has 6 heteroatoms. The highest BCUT2D eigenvalue weighted by Gasteiger charge is 2.21. The van der Waals surface area contributed by atoms with Crippen LogP contribution in [0.25, 0.3) is 0 Å². The molecule has 2 aromatic carbocycles. The van der Waals surface area contributed by atoms with Gasteiger partial charge in [-0.25, -0.2) is 0 Å². The van der Waals surface area contributed by atoms with Crippen molar-refractivity contribution in [3.05, 3.63) is 69.8 Å². The molecule has 112 valence electrons. The van der Waals surface area contributed by atoms with Crippen LogP contribution in [0.15, 0.2) is 53.6 Å². The van der Waals surface area contributed by atoms with Crippen molar-refractivity contribution in [2.24, 2.45) is 5.10 Å². The van der Waals surface area contributed by atoms with Crippen molar-refractivity contribution in [1.82, 2.24) is 5.43 Å². The second kappa shape index (κ2) is 5.85. The maximum absolute atomic E-state index is 10.7. The third-order valence-electron chi connectivity index (χ3n) is 3.68. The van der Waals surface area contributed by atoms with Crippen molar-refractivity contribution in [2.45, 2.75) is 12.5 Å². The monoisotopic (exact) mass is 297 g/mol. The molecule has 0 bridgehead atoms. The van der Waals surface area contributed by atoms with E-state index in [-0.39, 0.29) is 11.7 Å². The Morgan fingerprint density at radius 2 is 1.86 bits per heavy atom. The molecular weight excluding hydrogens is 282 g/mol. The number of non-ortho nitro benzene ring substituents is 1. The Balaban J connectivity index is 1.71. The van der Waals surface area contributed by atoms with Crippen molar-refractivity contribution in [1.29, 1.82) is 0 Å². The summed E-state index contributed by atoms with van der Waals surface area (Å²) in [4.78, 5) is 10.3. The van der Waals surface area contributed by atoms with Gasteiger partial charge in [0.15, 0.2) is 0 Å². The molecule has 0 radical (unpaired) electrons. The van der Waals surface area contributed by atoms with E-state index in [1.54, 1.807) is 19.2 Å². The zero-order valence-electron chi connectivity index (χ0n) is 12.0. The molecule has 1 heterocycles. The van der Waals surface area contributed by atoms with Crippen LogP contribution in [0.3, 0.4) is 0 Å². The fraction of sp³-hybridized carbons (Fsp3) is 0.188. The molecule has 1 aliphatic rings. The number of hydrogen-bond donors (Lipinski definition) is 1. The van der Waals surface area contributed by atoms with Gasteiger partial charge in [-0.2, -0.15) is 5.10 Å². The maximum Gasteiger partial charge on any atom is 0.269 e. The average Bonchev–Trinajstić information content (AvgIpc) is 3.05. The van der Waals surface area contributed by atoms with Crippen molar-refractivity contribution in [3.8, 4) is 5.75 Å². The molecule has 1 aliphatic heterocycles. The highest BCUT2D eigenvalue weighted by atomic mass is 16.6. The molecule has 22 heavy (non-hydrogen) atoms. The standard InChI is InChI=1S/C16H15N3O3/c1-22-14-8-4-12(5-9-14)16-10-15(17-18-16)11-2-6-13(7-3-11)19(20)21/h2-9,15,17H,10H2,1H3. The lowest BCUT2D eigenvalue weighted by Crippen LogP contribution is -2.09. The first-order valence-electron chi connectivity index (χ1n) is 6.88. The Morgan fingerprint density at radius 1 is 1.18 bits per heavy atom. The number of nitrogens with zero attached hydrogens (tertiary/aromatic N) is 2. The van der Waals surface area contributed by atoms with Crippen molar-refractivity contribution >= 4 is 11.4 Å². The van der Waals surface area contributed by atoms with Crippen molar-refractivity contribution in [3.63, 3.8) is 0 Å². The van der Waals surface area contributed by atoms with Gasteiger partial charge in [-0.1, -0.05) is 12.1 Å². The predicted octanol–water partition coefficient (Wildman–Crippen LogP) is 3.04. The minimum Gasteiger partial charge on any atom is -0.497 e. The molecular formula is C16H15N3O3. The Hall–Kier alpha value is -2.89. The molecule has 3 rings (SSSR count). The van der Waals surface area contributed by atoms with E-state index in [1.165, 1.54) is 12.1 Å². The van der Waals surface area contributed by atoms with Gasteiger partial charge in [-0.3, -0.25) is 10.1 Å². The highest BCUT2D eigenvalue weighted by Crippen LogP contribution is 2.26. The van der Waals surface area contributed by atoms with Gasteiger partial charge in [-0.15, -0.1) is 0 Å². The largest absolute Gasteiger partial charge is 0.497 e. The lowest BCUT2D eigenvalue weighted by molar-refractivity contribution is -0.384. The van der Waals surface area contributed by atoms with E-state index in [9.17, 15) is 10.1 Å². The summed E-state index contributed by atoms with van der Waals surface area (Å²) in [5.74, 6) is 0.808. The van der Waals surface area contributed by atoms with E-state index in [0.717, 1.165) is 29.0 Å². The van der Waals surface area contributed by atoms with Gasteiger partial charge < -0.3 is 10.2 Å². The molecule has 0 saturated heterocycles. The smallest absolute Gasteiger partial charge is 0.269 e. The van der Waals surface area contributed by atoms with Crippen LogP contribution < -0.4 is 10.2 Å². The van der Waals surface area contributed by atoms with Crippen LogP contribution in [0, 0.1) is 10.1 Å². The van der Waals surface area contributed by atoms with Crippen LogP contribution in [0.1, 0.15) is 23.6 Å². The SMILES string of the molecule is COc1ccc(C2=NNC(c3ccc([N+](=O)[O-])cc3)C2)cc1. The normalized spacial score (nSPS) is 16.8. The Morgan fingerprint density at radius 3 is 2.45 bits per heavy atom. The van der Waals surface area contributed by atoms with E-state index in [2.05, 4.69) is 10.5 Å². The first kappa shape index (κ1) is 14.1. The van der Waals surface area contributed by atoms with E-state index in [4.69, 9.17) is 4.74 Å². The molecule has 0 aromatic heterocycles. The van der Waals surface area contributed by atoms with Crippen molar-refractivity contribution in [2.75, 3.05) is 7.11 Å². The van der Waals surface area contributed by atoms with Gasteiger partial charge in [0.25, 0.3) is 5.69 Å². The number of methoxy groups -OCH3 is 1. The molecule has 0 spiro atoms. The summed E-state index contributed by atoms with van der Waals surface area (Å²) >= 11 is 0. The third-order valence-corrected chi connectivity index (χ3v) is 3.68. The molecule has 0 aliphatic carbocycles. The number of rotatable bonds is 4. The van der Waals surface area contributed by atoms with Gasteiger partial charge in [0.1, 0.15) is 5.75 Å². The lowest BCUT2D eigenvalue weighted by Gasteiger charge is -2.09. The van der Waals surface area contributed by atoms with E-state index in [1.807, 2.05) is 24.3 Å². The second-order valence-electron chi connectivity index (χ2n) is 5.02. The molecule has 2 aromatic rings. The summed E-state index contributed by atoms with van der Waals surface area (Å²) in [6.45, 7) is 0. The topological polar surface area (TPSA) is 76.8 Å². The van der Waals surface area contributed by atoms with Gasteiger partial charge in [0.2, 0.25) is 0 Å². The van der Waals surface area contributed by atoms with Crippen LogP contribution in [0.4, 0.5) is 5.69 Å². The number of benzene rings is 2. The number of hydrazone groups is 1. The third kappa shape index (κ3) is 2.76. The number of ether oxygens (including phenoxy) is 1. The highest BCUT2D eigenvalue weighted by molar-refractivity contribution is 6.01. The van der Waals surface area contributed by atoms with Gasteiger partial charge in [-0.05, 0) is 35.4 Å². The number of nitro groups is 1. The Kier molecular flexibility index (Phi) is 3.74. The quantitative estimate of drug-likeness (QED) is 0.695. The Labute approximate surface area is 127 Å². The second-order valence-corrected chi connectivity index (χ2v) is 5.02. The number of hydrogen-bond acceptors (Lipinski definition) is 5. The molecule has 1 N–H and O–H groups in total. The van der Waals surface area contributed by atoms with E-state index in [0.29, 0.717) is 0 Å². The maximum atomic E-state index is 10.7. The number of nitro benzene ring substituents is 1.